The van der Waals surface area contributed by atoms with Crippen molar-refractivity contribution in [1.29, 1.82) is 0 Å². The molecule has 0 aliphatic carbocycles. The van der Waals surface area contributed by atoms with Gasteiger partial charge in [0.25, 0.3) is 0 Å². The Morgan fingerprint density at radius 1 is 1.19 bits per heavy atom. The number of nitrogens with one attached hydrogen (secondary N) is 1. The Balaban J connectivity index is 0.00000338. The Hall–Kier alpha value is -0.0800. The number of rotatable bonds is 6. The van der Waals surface area contributed by atoms with Gasteiger partial charge in [0.1, 0.15) is 0 Å². The fourth-order valence-corrected chi connectivity index (χ4v) is 3.57. The van der Waals surface area contributed by atoms with E-state index in [1.54, 1.807) is 0 Å². The van der Waals surface area contributed by atoms with E-state index < -0.39 is 0 Å². The summed E-state index contributed by atoms with van der Waals surface area (Å²) in [4.78, 5) is 6.83. The van der Waals surface area contributed by atoms with Gasteiger partial charge in [-0.2, -0.15) is 0 Å². The van der Waals surface area contributed by atoms with Crippen molar-refractivity contribution in [1.82, 2.24) is 10.2 Å². The van der Waals surface area contributed by atoms with E-state index in [2.05, 4.69) is 36.0 Å². The van der Waals surface area contributed by atoms with Gasteiger partial charge in [0.2, 0.25) is 0 Å². The van der Waals surface area contributed by atoms with Crippen molar-refractivity contribution in [2.45, 2.75) is 77.9 Å². The lowest BCUT2D eigenvalue weighted by Gasteiger charge is -2.35. The van der Waals surface area contributed by atoms with Gasteiger partial charge >= 0.3 is 0 Å². The van der Waals surface area contributed by atoms with Crippen LogP contribution in [-0.4, -0.2) is 63.0 Å². The first-order valence-electron chi connectivity index (χ1n) is 10.2. The van der Waals surface area contributed by atoms with Crippen LogP contribution in [0.3, 0.4) is 0 Å². The smallest absolute Gasteiger partial charge is 0.193 e. The highest BCUT2D eigenvalue weighted by atomic mass is 127. The minimum absolute atomic E-state index is 0. The molecule has 1 unspecified atom stereocenters. The summed E-state index contributed by atoms with van der Waals surface area (Å²) in [5, 5.41) is 3.53. The molecule has 2 aliphatic rings. The van der Waals surface area contributed by atoms with Crippen molar-refractivity contribution in [2.24, 2.45) is 10.4 Å². The quantitative estimate of drug-likeness (QED) is 0.269. The summed E-state index contributed by atoms with van der Waals surface area (Å²) in [5.41, 5.74) is 0.406. The Labute approximate surface area is 177 Å². The monoisotopic (exact) mass is 481 g/mol. The lowest BCUT2D eigenvalue weighted by molar-refractivity contribution is -0.0721. The largest absolute Gasteiger partial charge is 0.376 e. The summed E-state index contributed by atoms with van der Waals surface area (Å²) in [7, 11) is 1.88. The lowest BCUT2D eigenvalue weighted by Crippen LogP contribution is -2.47. The summed E-state index contributed by atoms with van der Waals surface area (Å²) >= 11 is 0. The standard InChI is InChI=1S/C20H39N3O2.HI/c1-20(2,3)11-7-12-22-19(21-4)23-13-9-17(10-14-23)25-16-18-8-5-6-15-24-18;/h17-18H,5-16H2,1-4H3,(H,21,22);1H. The van der Waals surface area contributed by atoms with Crippen molar-refractivity contribution >= 4 is 29.9 Å². The third-order valence-electron chi connectivity index (χ3n) is 5.13. The fourth-order valence-electron chi connectivity index (χ4n) is 3.57. The Morgan fingerprint density at radius 2 is 1.92 bits per heavy atom. The minimum atomic E-state index is 0. The number of aliphatic imine (C=N–C) groups is 1. The third-order valence-corrected chi connectivity index (χ3v) is 5.13. The zero-order chi connectivity index (χ0) is 18.1. The molecule has 5 nitrogen and oxygen atoms in total. The second-order valence-electron chi connectivity index (χ2n) is 8.65. The molecule has 2 heterocycles. The number of piperidine rings is 1. The van der Waals surface area contributed by atoms with Crippen molar-refractivity contribution in [3.8, 4) is 0 Å². The predicted molar refractivity (Wildman–Crippen MR) is 120 cm³/mol. The molecule has 0 aromatic rings. The number of nitrogens with zero attached hydrogens (tertiary/aromatic N) is 2. The van der Waals surface area contributed by atoms with Crippen molar-refractivity contribution < 1.29 is 9.47 Å². The summed E-state index contributed by atoms with van der Waals surface area (Å²) in [6, 6.07) is 0. The summed E-state index contributed by atoms with van der Waals surface area (Å²) < 4.78 is 11.9. The maximum absolute atomic E-state index is 6.11. The van der Waals surface area contributed by atoms with Gasteiger partial charge in [0.15, 0.2) is 5.96 Å². The highest BCUT2D eigenvalue weighted by molar-refractivity contribution is 14.0. The van der Waals surface area contributed by atoms with Crippen LogP contribution in [0.1, 0.15) is 65.7 Å². The van der Waals surface area contributed by atoms with Gasteiger partial charge in [-0.3, -0.25) is 4.99 Å². The average Bonchev–Trinajstić information content (AvgIpc) is 2.61. The summed E-state index contributed by atoms with van der Waals surface area (Å²) in [6.45, 7) is 11.6. The minimum Gasteiger partial charge on any atom is -0.376 e. The van der Waals surface area contributed by atoms with Gasteiger partial charge in [-0.25, -0.2) is 0 Å². The van der Waals surface area contributed by atoms with Crippen LogP contribution in [0.5, 0.6) is 0 Å². The zero-order valence-electron chi connectivity index (χ0n) is 17.3. The van der Waals surface area contributed by atoms with E-state index >= 15 is 0 Å². The first-order valence-corrected chi connectivity index (χ1v) is 10.2. The van der Waals surface area contributed by atoms with Gasteiger partial charge in [-0.05, 0) is 50.4 Å². The van der Waals surface area contributed by atoms with Gasteiger partial charge in [-0.1, -0.05) is 20.8 Å². The molecule has 26 heavy (non-hydrogen) atoms. The van der Waals surface area contributed by atoms with Gasteiger partial charge in [0, 0.05) is 33.3 Å². The predicted octanol–water partition coefficient (Wildman–Crippen LogP) is 4.06. The van der Waals surface area contributed by atoms with Crippen LogP contribution in [-0.2, 0) is 9.47 Å². The Kier molecular flexibility index (Phi) is 11.4. The first-order chi connectivity index (χ1) is 12.0. The van der Waals surface area contributed by atoms with Crippen LogP contribution in [0.25, 0.3) is 0 Å². The topological polar surface area (TPSA) is 46.1 Å². The van der Waals surface area contributed by atoms with Crippen molar-refractivity contribution in [3.05, 3.63) is 0 Å². The second-order valence-corrected chi connectivity index (χ2v) is 8.65. The molecule has 0 aromatic carbocycles. The van der Waals surface area contributed by atoms with E-state index in [4.69, 9.17) is 9.47 Å². The molecule has 0 amide bonds. The molecule has 0 aromatic heterocycles. The molecular weight excluding hydrogens is 441 g/mol. The number of halogens is 1. The molecule has 1 atom stereocenters. The van der Waals surface area contributed by atoms with Gasteiger partial charge < -0.3 is 19.7 Å². The van der Waals surface area contributed by atoms with Gasteiger partial charge in [0.05, 0.1) is 18.8 Å². The van der Waals surface area contributed by atoms with E-state index in [-0.39, 0.29) is 24.0 Å². The average molecular weight is 481 g/mol. The summed E-state index contributed by atoms with van der Waals surface area (Å²) in [6.07, 6.45) is 8.92. The molecule has 0 bridgehead atoms. The van der Waals surface area contributed by atoms with E-state index in [0.29, 0.717) is 17.6 Å². The molecule has 1 N–H and O–H groups in total. The molecule has 2 fully saturated rings. The molecule has 0 spiro atoms. The molecule has 2 saturated heterocycles. The highest BCUT2D eigenvalue weighted by Gasteiger charge is 2.23. The Bertz CT molecular complexity index is 398. The number of ether oxygens (including phenoxy) is 2. The third kappa shape index (κ3) is 9.22. The lowest BCUT2D eigenvalue weighted by atomic mass is 9.91. The van der Waals surface area contributed by atoms with Gasteiger partial charge in [-0.15, -0.1) is 24.0 Å². The van der Waals surface area contributed by atoms with Crippen molar-refractivity contribution in [3.63, 3.8) is 0 Å². The van der Waals surface area contributed by atoms with Crippen LogP contribution in [0.2, 0.25) is 0 Å². The maximum atomic E-state index is 6.11. The highest BCUT2D eigenvalue weighted by Crippen LogP contribution is 2.20. The van der Waals surface area contributed by atoms with E-state index in [9.17, 15) is 0 Å². The molecular formula is C20H40IN3O2. The molecule has 154 valence electrons. The molecule has 0 saturated carbocycles. The maximum Gasteiger partial charge on any atom is 0.193 e. The van der Waals surface area contributed by atoms with Crippen molar-refractivity contribution in [2.75, 3.05) is 39.9 Å². The van der Waals surface area contributed by atoms with E-state index in [0.717, 1.165) is 58.1 Å². The Morgan fingerprint density at radius 3 is 2.50 bits per heavy atom. The van der Waals surface area contributed by atoms with Crippen LogP contribution in [0, 0.1) is 5.41 Å². The zero-order valence-corrected chi connectivity index (χ0v) is 19.6. The number of guanidine groups is 1. The van der Waals surface area contributed by atoms with Crippen LogP contribution in [0.4, 0.5) is 0 Å². The molecule has 0 radical (unpaired) electrons. The SMILES string of the molecule is CN=C(NCCCC(C)(C)C)N1CCC(OCC2CCCCO2)CC1.I. The number of likely N-dealkylation sites (tertiary alicyclic amines) is 1. The number of hydrogen-bond acceptors (Lipinski definition) is 3. The second kappa shape index (κ2) is 12.4. The van der Waals surface area contributed by atoms with E-state index in [1.165, 1.54) is 25.7 Å². The fraction of sp³-hybridized carbons (Fsp3) is 0.950. The molecule has 6 heteroatoms. The molecule has 2 rings (SSSR count). The van der Waals surface area contributed by atoms with Crippen LogP contribution < -0.4 is 5.32 Å². The molecule has 2 aliphatic heterocycles. The number of hydrogen-bond donors (Lipinski definition) is 1. The van der Waals surface area contributed by atoms with Crippen LogP contribution in [0.15, 0.2) is 4.99 Å². The normalized spacial score (nSPS) is 22.8. The van der Waals surface area contributed by atoms with E-state index in [1.807, 2.05) is 7.05 Å². The summed E-state index contributed by atoms with van der Waals surface area (Å²) in [5.74, 6) is 1.04. The van der Waals surface area contributed by atoms with Crippen LogP contribution >= 0.6 is 24.0 Å². The first kappa shape index (κ1) is 24.0.